The summed E-state index contributed by atoms with van der Waals surface area (Å²) in [7, 11) is 4.59. The number of carbonyl (C=O) groups is 1. The summed E-state index contributed by atoms with van der Waals surface area (Å²) in [5.41, 5.74) is 2.24. The van der Waals surface area contributed by atoms with Crippen molar-refractivity contribution >= 4 is 11.9 Å². The highest BCUT2D eigenvalue weighted by molar-refractivity contribution is 5.92. The quantitative estimate of drug-likeness (QED) is 0.447. The summed E-state index contributed by atoms with van der Waals surface area (Å²) >= 11 is 0. The number of methoxy groups -OCH3 is 2. The van der Waals surface area contributed by atoms with Gasteiger partial charge in [-0.3, -0.25) is 4.99 Å². The number of carbonyl (C=O) groups excluding carboxylic acids is 1. The molecule has 1 heterocycles. The lowest BCUT2D eigenvalue weighted by Gasteiger charge is -2.38. The second kappa shape index (κ2) is 10.3. The minimum absolute atomic E-state index is 0.0122. The lowest BCUT2D eigenvalue weighted by molar-refractivity contribution is -0.0605. The highest BCUT2D eigenvalue weighted by Crippen LogP contribution is 2.26. The van der Waals surface area contributed by atoms with E-state index in [0.29, 0.717) is 30.9 Å². The largest absolute Gasteiger partial charge is 0.496 e. The maximum atomic E-state index is 13.3. The monoisotopic (exact) mass is 429 g/mol. The number of morpholine rings is 1. The van der Waals surface area contributed by atoms with Crippen molar-refractivity contribution in [3.8, 4) is 5.75 Å². The first-order chi connectivity index (χ1) is 14.9. The standard InChI is InChI=1S/C23H28FN3O4/c1-15-13-27(14-21(31-15)17-6-8-18(24)9-7-17)23(25-2)26-12-16-5-10-19(22(28)30-4)20(11-16)29-3/h5-11,15,21H,12-14H2,1-4H3,(H,25,26). The van der Waals surface area contributed by atoms with Gasteiger partial charge in [-0.05, 0) is 42.3 Å². The Kier molecular flexibility index (Phi) is 7.46. The van der Waals surface area contributed by atoms with Gasteiger partial charge in [0.05, 0.1) is 26.9 Å². The first-order valence-corrected chi connectivity index (χ1v) is 10.1. The van der Waals surface area contributed by atoms with Gasteiger partial charge in [0.15, 0.2) is 5.96 Å². The van der Waals surface area contributed by atoms with Gasteiger partial charge in [0.25, 0.3) is 0 Å². The molecule has 0 aromatic heterocycles. The van der Waals surface area contributed by atoms with E-state index < -0.39 is 5.97 Å². The number of hydrogen-bond acceptors (Lipinski definition) is 5. The smallest absolute Gasteiger partial charge is 0.341 e. The Bertz CT molecular complexity index is 933. The first-order valence-electron chi connectivity index (χ1n) is 10.1. The molecule has 1 fully saturated rings. The van der Waals surface area contributed by atoms with Crippen LogP contribution in [0.3, 0.4) is 0 Å². The Morgan fingerprint density at radius 2 is 1.97 bits per heavy atom. The van der Waals surface area contributed by atoms with Crippen molar-refractivity contribution in [1.82, 2.24) is 10.2 Å². The lowest BCUT2D eigenvalue weighted by atomic mass is 10.1. The van der Waals surface area contributed by atoms with E-state index in [-0.39, 0.29) is 18.0 Å². The summed E-state index contributed by atoms with van der Waals surface area (Å²) < 4.78 is 29.5. The third-order valence-electron chi connectivity index (χ3n) is 5.14. The van der Waals surface area contributed by atoms with E-state index in [4.69, 9.17) is 14.2 Å². The van der Waals surface area contributed by atoms with Gasteiger partial charge in [-0.15, -0.1) is 0 Å². The van der Waals surface area contributed by atoms with Crippen LogP contribution in [-0.4, -0.2) is 57.3 Å². The maximum absolute atomic E-state index is 13.3. The summed E-state index contributed by atoms with van der Waals surface area (Å²) in [5.74, 6) is 0.479. The fraction of sp³-hybridized carbons (Fsp3) is 0.391. The highest BCUT2D eigenvalue weighted by Gasteiger charge is 2.28. The summed E-state index contributed by atoms with van der Waals surface area (Å²) in [6.45, 7) is 3.78. The van der Waals surface area contributed by atoms with Crippen LogP contribution in [0.4, 0.5) is 4.39 Å². The average molecular weight is 429 g/mol. The fourth-order valence-electron chi connectivity index (χ4n) is 3.62. The molecule has 2 unspecified atom stereocenters. The van der Waals surface area contributed by atoms with E-state index in [2.05, 4.69) is 15.2 Å². The summed E-state index contributed by atoms with van der Waals surface area (Å²) in [6, 6.07) is 11.7. The molecule has 7 nitrogen and oxygen atoms in total. The number of nitrogens with zero attached hydrogens (tertiary/aromatic N) is 2. The molecule has 0 radical (unpaired) electrons. The highest BCUT2D eigenvalue weighted by atomic mass is 19.1. The number of halogens is 1. The van der Waals surface area contributed by atoms with Gasteiger partial charge >= 0.3 is 5.97 Å². The second-order valence-corrected chi connectivity index (χ2v) is 7.32. The number of guanidine groups is 1. The molecule has 0 saturated carbocycles. The molecule has 31 heavy (non-hydrogen) atoms. The van der Waals surface area contributed by atoms with Crippen LogP contribution in [0.5, 0.6) is 5.75 Å². The zero-order valence-electron chi connectivity index (χ0n) is 18.2. The van der Waals surface area contributed by atoms with Gasteiger partial charge in [0, 0.05) is 20.1 Å². The molecule has 0 spiro atoms. The molecule has 8 heteroatoms. The number of hydrogen-bond donors (Lipinski definition) is 1. The molecule has 2 aromatic rings. The first kappa shape index (κ1) is 22.6. The van der Waals surface area contributed by atoms with Crippen molar-refractivity contribution in [2.24, 2.45) is 4.99 Å². The van der Waals surface area contributed by atoms with Crippen LogP contribution in [0.1, 0.15) is 34.5 Å². The summed E-state index contributed by atoms with van der Waals surface area (Å²) in [6.07, 6.45) is -0.191. The zero-order chi connectivity index (χ0) is 22.4. The van der Waals surface area contributed by atoms with Crippen LogP contribution in [0.2, 0.25) is 0 Å². The normalized spacial score (nSPS) is 19.1. The van der Waals surface area contributed by atoms with Crippen LogP contribution in [0.25, 0.3) is 0 Å². The number of benzene rings is 2. The Hall–Kier alpha value is -3.13. The Balaban J connectivity index is 1.69. The van der Waals surface area contributed by atoms with Gasteiger partial charge in [0.1, 0.15) is 23.2 Å². The van der Waals surface area contributed by atoms with E-state index in [1.807, 2.05) is 13.0 Å². The summed E-state index contributed by atoms with van der Waals surface area (Å²) in [4.78, 5) is 18.4. The average Bonchev–Trinajstić information content (AvgIpc) is 2.79. The lowest BCUT2D eigenvalue weighted by Crippen LogP contribution is -2.50. The molecule has 2 atom stereocenters. The molecular formula is C23H28FN3O4. The van der Waals surface area contributed by atoms with Gasteiger partial charge in [0.2, 0.25) is 0 Å². The van der Waals surface area contributed by atoms with E-state index >= 15 is 0 Å². The number of ether oxygens (including phenoxy) is 3. The molecule has 1 aliphatic rings. The Morgan fingerprint density at radius 1 is 1.23 bits per heavy atom. The fourth-order valence-corrected chi connectivity index (χ4v) is 3.62. The third-order valence-corrected chi connectivity index (χ3v) is 5.14. The minimum Gasteiger partial charge on any atom is -0.496 e. The molecule has 2 aromatic carbocycles. The molecule has 166 valence electrons. The molecule has 0 aliphatic carbocycles. The van der Waals surface area contributed by atoms with Crippen molar-refractivity contribution in [1.29, 1.82) is 0 Å². The maximum Gasteiger partial charge on any atom is 0.341 e. The van der Waals surface area contributed by atoms with Crippen molar-refractivity contribution in [3.05, 3.63) is 65.0 Å². The van der Waals surface area contributed by atoms with Gasteiger partial charge in [-0.25, -0.2) is 9.18 Å². The molecule has 1 N–H and O–H groups in total. The molecule has 0 amide bonds. The van der Waals surface area contributed by atoms with Crippen LogP contribution < -0.4 is 10.1 Å². The topological polar surface area (TPSA) is 72.4 Å². The molecular weight excluding hydrogens is 401 g/mol. The van der Waals surface area contributed by atoms with Crippen LogP contribution in [0, 0.1) is 5.82 Å². The predicted octanol–water partition coefficient (Wildman–Crippen LogP) is 3.16. The molecule has 3 rings (SSSR count). The minimum atomic E-state index is -0.443. The summed E-state index contributed by atoms with van der Waals surface area (Å²) in [5, 5.41) is 3.36. The van der Waals surface area contributed by atoms with Crippen molar-refractivity contribution in [2.45, 2.75) is 25.7 Å². The van der Waals surface area contributed by atoms with Crippen LogP contribution in [-0.2, 0) is 16.0 Å². The van der Waals surface area contributed by atoms with E-state index in [9.17, 15) is 9.18 Å². The molecule has 1 aliphatic heterocycles. The van der Waals surface area contributed by atoms with E-state index in [1.54, 1.807) is 31.3 Å². The van der Waals surface area contributed by atoms with Gasteiger partial charge < -0.3 is 24.4 Å². The van der Waals surface area contributed by atoms with Crippen molar-refractivity contribution < 1.29 is 23.4 Å². The number of rotatable bonds is 5. The molecule has 0 bridgehead atoms. The van der Waals surface area contributed by atoms with Crippen LogP contribution in [0.15, 0.2) is 47.5 Å². The SMILES string of the molecule is CN=C(NCc1ccc(C(=O)OC)c(OC)c1)N1CC(C)OC(c2ccc(F)cc2)C1. The number of nitrogens with one attached hydrogen (secondary N) is 1. The zero-order valence-corrected chi connectivity index (χ0v) is 18.2. The van der Waals surface area contributed by atoms with Gasteiger partial charge in [-0.1, -0.05) is 18.2 Å². The number of aliphatic imine (C=N–C) groups is 1. The van der Waals surface area contributed by atoms with Gasteiger partial charge in [-0.2, -0.15) is 0 Å². The van der Waals surface area contributed by atoms with E-state index in [0.717, 1.165) is 17.1 Å². The second-order valence-electron chi connectivity index (χ2n) is 7.32. The Labute approximate surface area is 181 Å². The van der Waals surface area contributed by atoms with Crippen molar-refractivity contribution in [3.63, 3.8) is 0 Å². The molecule has 1 saturated heterocycles. The third kappa shape index (κ3) is 5.52. The number of esters is 1. The van der Waals surface area contributed by atoms with Crippen molar-refractivity contribution in [2.75, 3.05) is 34.4 Å². The predicted molar refractivity (Wildman–Crippen MR) is 116 cm³/mol. The van der Waals surface area contributed by atoms with E-state index in [1.165, 1.54) is 26.4 Å². The Morgan fingerprint density at radius 3 is 2.61 bits per heavy atom. The van der Waals surface area contributed by atoms with Crippen LogP contribution >= 0.6 is 0 Å².